The third-order valence-electron chi connectivity index (χ3n) is 5.92. The molecule has 166 valence electrons. The summed E-state index contributed by atoms with van der Waals surface area (Å²) in [5, 5.41) is 0. The number of amides is 2. The summed E-state index contributed by atoms with van der Waals surface area (Å²) in [4.78, 5) is 31.6. The maximum atomic E-state index is 13.0. The summed E-state index contributed by atoms with van der Waals surface area (Å²) in [6, 6.07) is 3.33. The molecule has 2 amide bonds. The first-order chi connectivity index (χ1) is 14.6. The van der Waals surface area contributed by atoms with Gasteiger partial charge in [0.15, 0.2) is 11.5 Å². The van der Waals surface area contributed by atoms with Gasteiger partial charge >= 0.3 is 0 Å². The Morgan fingerprint density at radius 1 is 0.800 bits per heavy atom. The largest absolute Gasteiger partial charge is 0.493 e. The van der Waals surface area contributed by atoms with E-state index in [1.807, 2.05) is 4.90 Å². The second-order valence-electron chi connectivity index (χ2n) is 7.74. The summed E-state index contributed by atoms with van der Waals surface area (Å²) in [7, 11) is 4.59. The van der Waals surface area contributed by atoms with Crippen molar-refractivity contribution in [1.29, 1.82) is 0 Å². The molecule has 2 aliphatic heterocycles. The van der Waals surface area contributed by atoms with Gasteiger partial charge in [-0.1, -0.05) is 6.42 Å². The minimum Gasteiger partial charge on any atom is -0.493 e. The third kappa shape index (κ3) is 5.16. The summed E-state index contributed by atoms with van der Waals surface area (Å²) < 4.78 is 16.0. The molecule has 0 atom stereocenters. The van der Waals surface area contributed by atoms with E-state index in [2.05, 4.69) is 4.90 Å². The second-order valence-corrected chi connectivity index (χ2v) is 7.74. The first kappa shape index (κ1) is 22.2. The van der Waals surface area contributed by atoms with Crippen LogP contribution in [0.5, 0.6) is 17.2 Å². The zero-order valence-electron chi connectivity index (χ0n) is 18.3. The second kappa shape index (κ2) is 10.5. The van der Waals surface area contributed by atoms with Gasteiger partial charge in [-0.3, -0.25) is 9.59 Å². The van der Waals surface area contributed by atoms with Crippen molar-refractivity contribution >= 4 is 11.8 Å². The molecular weight excluding hydrogens is 386 g/mol. The van der Waals surface area contributed by atoms with E-state index < -0.39 is 0 Å². The molecule has 8 nitrogen and oxygen atoms in total. The van der Waals surface area contributed by atoms with Crippen LogP contribution in [0.25, 0.3) is 0 Å². The minimum atomic E-state index is -0.102. The van der Waals surface area contributed by atoms with Crippen LogP contribution in [-0.4, -0.2) is 93.7 Å². The van der Waals surface area contributed by atoms with Gasteiger partial charge in [-0.15, -0.1) is 0 Å². The van der Waals surface area contributed by atoms with Crippen molar-refractivity contribution in [2.24, 2.45) is 0 Å². The molecule has 0 radical (unpaired) electrons. The Morgan fingerprint density at radius 3 is 1.90 bits per heavy atom. The van der Waals surface area contributed by atoms with Crippen molar-refractivity contribution in [3.05, 3.63) is 17.7 Å². The van der Waals surface area contributed by atoms with Crippen LogP contribution in [0.3, 0.4) is 0 Å². The van der Waals surface area contributed by atoms with E-state index in [4.69, 9.17) is 14.2 Å². The van der Waals surface area contributed by atoms with Crippen molar-refractivity contribution in [2.75, 3.05) is 67.1 Å². The van der Waals surface area contributed by atoms with Crippen molar-refractivity contribution in [2.45, 2.75) is 25.7 Å². The standard InChI is InChI=1S/C22H33N3O5/c1-28-18-15-17(16-19(29-2)21(18)30-3)22(27)25-13-11-24(12-14-25)20(26)7-10-23-8-5-4-6-9-23/h15-16H,4-14H2,1-3H3. The van der Waals surface area contributed by atoms with Crippen LogP contribution in [0.15, 0.2) is 12.1 Å². The molecule has 1 aromatic carbocycles. The van der Waals surface area contributed by atoms with Gasteiger partial charge in [0.1, 0.15) is 0 Å². The normalized spacial score (nSPS) is 17.6. The lowest BCUT2D eigenvalue weighted by Crippen LogP contribution is -2.51. The highest BCUT2D eigenvalue weighted by atomic mass is 16.5. The van der Waals surface area contributed by atoms with E-state index in [-0.39, 0.29) is 11.8 Å². The van der Waals surface area contributed by atoms with Gasteiger partial charge in [0.2, 0.25) is 11.7 Å². The van der Waals surface area contributed by atoms with Gasteiger partial charge in [-0.25, -0.2) is 0 Å². The fourth-order valence-electron chi connectivity index (χ4n) is 4.14. The summed E-state index contributed by atoms with van der Waals surface area (Å²) >= 11 is 0. The summed E-state index contributed by atoms with van der Waals surface area (Å²) in [5.74, 6) is 1.44. The summed E-state index contributed by atoms with van der Waals surface area (Å²) in [5.41, 5.74) is 0.481. The molecule has 0 aromatic heterocycles. The zero-order chi connectivity index (χ0) is 21.5. The van der Waals surface area contributed by atoms with Crippen LogP contribution >= 0.6 is 0 Å². The quantitative estimate of drug-likeness (QED) is 0.672. The maximum absolute atomic E-state index is 13.0. The van der Waals surface area contributed by atoms with Crippen LogP contribution < -0.4 is 14.2 Å². The molecule has 2 heterocycles. The minimum absolute atomic E-state index is 0.102. The van der Waals surface area contributed by atoms with Crippen LogP contribution in [0.4, 0.5) is 0 Å². The fourth-order valence-corrected chi connectivity index (χ4v) is 4.14. The molecule has 2 saturated heterocycles. The Morgan fingerprint density at radius 2 is 1.37 bits per heavy atom. The molecule has 2 fully saturated rings. The number of likely N-dealkylation sites (tertiary alicyclic amines) is 1. The number of benzene rings is 1. The monoisotopic (exact) mass is 419 g/mol. The van der Waals surface area contributed by atoms with E-state index >= 15 is 0 Å². The van der Waals surface area contributed by atoms with Crippen LogP contribution in [0.1, 0.15) is 36.0 Å². The van der Waals surface area contributed by atoms with Gasteiger partial charge in [-0.05, 0) is 38.1 Å². The molecule has 0 N–H and O–H groups in total. The molecule has 3 rings (SSSR count). The molecule has 2 aliphatic rings. The van der Waals surface area contributed by atoms with Crippen molar-refractivity contribution in [3.8, 4) is 17.2 Å². The number of piperazine rings is 1. The van der Waals surface area contributed by atoms with E-state index in [0.29, 0.717) is 55.4 Å². The Bertz CT molecular complexity index is 715. The molecule has 30 heavy (non-hydrogen) atoms. The molecule has 0 bridgehead atoms. The Hall–Kier alpha value is -2.48. The highest BCUT2D eigenvalue weighted by molar-refractivity contribution is 5.96. The average Bonchev–Trinajstić information content (AvgIpc) is 2.81. The number of carbonyl (C=O) groups excluding carboxylic acids is 2. The van der Waals surface area contributed by atoms with Crippen LogP contribution in [0.2, 0.25) is 0 Å². The number of hydrogen-bond acceptors (Lipinski definition) is 6. The number of hydrogen-bond donors (Lipinski definition) is 0. The van der Waals surface area contributed by atoms with Crippen LogP contribution in [0, 0.1) is 0 Å². The van der Waals surface area contributed by atoms with Crippen molar-refractivity contribution < 1.29 is 23.8 Å². The lowest BCUT2D eigenvalue weighted by atomic mass is 10.1. The van der Waals surface area contributed by atoms with E-state index in [0.717, 1.165) is 19.6 Å². The number of methoxy groups -OCH3 is 3. The molecule has 0 saturated carbocycles. The predicted octanol–water partition coefficient (Wildman–Crippen LogP) is 1.87. The molecule has 0 spiro atoms. The first-order valence-corrected chi connectivity index (χ1v) is 10.7. The topological polar surface area (TPSA) is 71.6 Å². The number of carbonyl (C=O) groups is 2. The van der Waals surface area contributed by atoms with E-state index in [9.17, 15) is 9.59 Å². The smallest absolute Gasteiger partial charge is 0.254 e. The zero-order valence-corrected chi connectivity index (χ0v) is 18.3. The van der Waals surface area contributed by atoms with Gasteiger partial charge in [0.05, 0.1) is 21.3 Å². The van der Waals surface area contributed by atoms with Gasteiger partial charge in [-0.2, -0.15) is 0 Å². The van der Waals surface area contributed by atoms with Crippen molar-refractivity contribution in [3.63, 3.8) is 0 Å². The number of nitrogens with zero attached hydrogens (tertiary/aromatic N) is 3. The van der Waals surface area contributed by atoms with Gasteiger partial charge in [0, 0.05) is 44.7 Å². The highest BCUT2D eigenvalue weighted by Crippen LogP contribution is 2.38. The molecular formula is C22H33N3O5. The van der Waals surface area contributed by atoms with Crippen molar-refractivity contribution in [1.82, 2.24) is 14.7 Å². The SMILES string of the molecule is COc1cc(C(=O)N2CCN(C(=O)CCN3CCCCC3)CC2)cc(OC)c1OC. The third-order valence-corrected chi connectivity index (χ3v) is 5.92. The molecule has 0 unspecified atom stereocenters. The number of piperidine rings is 1. The number of rotatable bonds is 7. The van der Waals surface area contributed by atoms with E-state index in [1.54, 1.807) is 17.0 Å². The highest BCUT2D eigenvalue weighted by Gasteiger charge is 2.27. The Labute approximate surface area is 178 Å². The Kier molecular flexibility index (Phi) is 7.79. The summed E-state index contributed by atoms with van der Waals surface area (Å²) in [6.45, 7) is 5.21. The Balaban J connectivity index is 1.55. The predicted molar refractivity (Wildman–Crippen MR) is 113 cm³/mol. The number of ether oxygens (including phenoxy) is 3. The van der Waals surface area contributed by atoms with E-state index in [1.165, 1.54) is 40.6 Å². The average molecular weight is 420 g/mol. The van der Waals surface area contributed by atoms with Crippen LogP contribution in [-0.2, 0) is 4.79 Å². The first-order valence-electron chi connectivity index (χ1n) is 10.7. The van der Waals surface area contributed by atoms with Gasteiger partial charge in [0.25, 0.3) is 5.91 Å². The lowest BCUT2D eigenvalue weighted by Gasteiger charge is -2.35. The summed E-state index contributed by atoms with van der Waals surface area (Å²) in [6.07, 6.45) is 4.32. The molecule has 0 aliphatic carbocycles. The maximum Gasteiger partial charge on any atom is 0.254 e. The fraction of sp³-hybridized carbons (Fsp3) is 0.636. The molecule has 1 aromatic rings. The lowest BCUT2D eigenvalue weighted by molar-refractivity contribution is -0.133. The molecule has 8 heteroatoms. The van der Waals surface area contributed by atoms with Gasteiger partial charge < -0.3 is 28.9 Å².